The lowest BCUT2D eigenvalue weighted by Gasteiger charge is -2.15. The number of hydrogen-bond donors (Lipinski definition) is 1. The van der Waals surface area contributed by atoms with Crippen LogP contribution in [0, 0.1) is 0 Å². The number of thiazole rings is 1. The number of ether oxygens (including phenoxy) is 1. The fourth-order valence-corrected chi connectivity index (χ4v) is 3.60. The summed E-state index contributed by atoms with van der Waals surface area (Å²) < 4.78 is 7.74. The predicted octanol–water partition coefficient (Wildman–Crippen LogP) is 5.03. The summed E-state index contributed by atoms with van der Waals surface area (Å²) in [5, 5.41) is 4.90. The van der Waals surface area contributed by atoms with E-state index in [9.17, 15) is 4.79 Å². The first kappa shape index (κ1) is 18.3. The lowest BCUT2D eigenvalue weighted by molar-refractivity contribution is -0.122. The van der Waals surface area contributed by atoms with E-state index in [2.05, 4.69) is 17.2 Å². The van der Waals surface area contributed by atoms with Crippen LogP contribution in [0.2, 0.25) is 0 Å². The van der Waals surface area contributed by atoms with Gasteiger partial charge in [-0.15, -0.1) is 11.3 Å². The number of carbonyl (C=O) groups is 1. The highest BCUT2D eigenvalue weighted by molar-refractivity contribution is 7.15. The molecule has 0 spiro atoms. The Morgan fingerprint density at radius 3 is 2.61 bits per heavy atom. The standard InChI is InChI=1S/C22H21N3O2S/c1-3-16-4-10-19(11-5-16)27-15(2)21(26)23-18-8-6-17(7-9-18)20-14-25-12-13-28-22(25)24-20/h4-15H,3H2,1-2H3,(H,23,26). The Morgan fingerprint density at radius 1 is 1.18 bits per heavy atom. The van der Waals surface area contributed by atoms with Gasteiger partial charge in [-0.1, -0.05) is 31.2 Å². The van der Waals surface area contributed by atoms with Gasteiger partial charge in [0, 0.05) is 29.0 Å². The molecule has 5 nitrogen and oxygen atoms in total. The Morgan fingerprint density at radius 2 is 1.93 bits per heavy atom. The van der Waals surface area contributed by atoms with Crippen LogP contribution >= 0.6 is 11.3 Å². The molecule has 0 saturated carbocycles. The van der Waals surface area contributed by atoms with Crippen LogP contribution in [0.1, 0.15) is 19.4 Å². The molecule has 2 heterocycles. The van der Waals surface area contributed by atoms with Crippen LogP contribution in [0.25, 0.3) is 16.2 Å². The minimum absolute atomic E-state index is 0.185. The summed E-state index contributed by atoms with van der Waals surface area (Å²) in [6, 6.07) is 15.5. The highest BCUT2D eigenvalue weighted by Crippen LogP contribution is 2.23. The summed E-state index contributed by atoms with van der Waals surface area (Å²) in [5.74, 6) is 0.504. The van der Waals surface area contributed by atoms with Crippen LogP contribution in [0.5, 0.6) is 5.75 Å². The Bertz CT molecular complexity index is 1050. The topological polar surface area (TPSA) is 55.6 Å². The zero-order valence-corrected chi connectivity index (χ0v) is 16.6. The maximum Gasteiger partial charge on any atom is 0.265 e. The number of imidazole rings is 1. The molecule has 2 aromatic carbocycles. The van der Waals surface area contributed by atoms with Crippen LogP contribution in [0.4, 0.5) is 5.69 Å². The Kier molecular flexibility index (Phi) is 5.12. The first-order chi connectivity index (χ1) is 13.6. The summed E-state index contributed by atoms with van der Waals surface area (Å²) >= 11 is 1.60. The molecule has 0 saturated heterocycles. The van der Waals surface area contributed by atoms with Gasteiger partial charge in [0.15, 0.2) is 11.1 Å². The minimum atomic E-state index is -0.591. The van der Waals surface area contributed by atoms with E-state index >= 15 is 0 Å². The van der Waals surface area contributed by atoms with Crippen LogP contribution in [0.15, 0.2) is 66.3 Å². The van der Waals surface area contributed by atoms with Crippen LogP contribution < -0.4 is 10.1 Å². The van der Waals surface area contributed by atoms with Gasteiger partial charge in [0.1, 0.15) is 5.75 Å². The first-order valence-electron chi connectivity index (χ1n) is 9.21. The predicted molar refractivity (Wildman–Crippen MR) is 113 cm³/mol. The van der Waals surface area contributed by atoms with Crippen molar-refractivity contribution >= 4 is 27.9 Å². The van der Waals surface area contributed by atoms with Crippen molar-refractivity contribution in [2.24, 2.45) is 0 Å². The van der Waals surface area contributed by atoms with Crippen LogP contribution in [0.3, 0.4) is 0 Å². The van der Waals surface area contributed by atoms with Crippen molar-refractivity contribution in [1.29, 1.82) is 0 Å². The number of benzene rings is 2. The molecule has 0 radical (unpaired) electrons. The van der Waals surface area contributed by atoms with Crippen molar-refractivity contribution in [2.75, 3.05) is 5.32 Å². The molecule has 0 aliphatic heterocycles. The van der Waals surface area contributed by atoms with Gasteiger partial charge in [-0.25, -0.2) is 4.98 Å². The molecular weight excluding hydrogens is 370 g/mol. The maximum absolute atomic E-state index is 12.4. The Labute approximate surface area is 167 Å². The van der Waals surface area contributed by atoms with E-state index in [4.69, 9.17) is 4.74 Å². The van der Waals surface area contributed by atoms with Gasteiger partial charge in [-0.05, 0) is 43.2 Å². The van der Waals surface area contributed by atoms with Gasteiger partial charge < -0.3 is 10.1 Å². The lowest BCUT2D eigenvalue weighted by atomic mass is 10.1. The molecular formula is C22H21N3O2S. The second-order valence-electron chi connectivity index (χ2n) is 6.54. The zero-order chi connectivity index (χ0) is 19.5. The average Bonchev–Trinajstić information content (AvgIpc) is 3.31. The number of aromatic nitrogens is 2. The fraction of sp³-hybridized carbons (Fsp3) is 0.182. The molecule has 1 atom stereocenters. The molecule has 0 fully saturated rings. The summed E-state index contributed by atoms with van der Waals surface area (Å²) in [6.45, 7) is 3.85. The molecule has 28 heavy (non-hydrogen) atoms. The molecule has 1 N–H and O–H groups in total. The van der Waals surface area contributed by atoms with E-state index < -0.39 is 6.10 Å². The quantitative estimate of drug-likeness (QED) is 0.501. The molecule has 4 aromatic rings. The monoisotopic (exact) mass is 391 g/mol. The maximum atomic E-state index is 12.4. The third kappa shape index (κ3) is 3.92. The smallest absolute Gasteiger partial charge is 0.265 e. The number of aryl methyl sites for hydroxylation is 1. The molecule has 0 aliphatic carbocycles. The lowest BCUT2D eigenvalue weighted by Crippen LogP contribution is -2.30. The van der Waals surface area contributed by atoms with E-state index in [1.165, 1.54) is 5.56 Å². The summed E-state index contributed by atoms with van der Waals surface area (Å²) in [5.41, 5.74) is 3.89. The van der Waals surface area contributed by atoms with Crippen molar-refractivity contribution in [3.05, 3.63) is 71.9 Å². The van der Waals surface area contributed by atoms with E-state index in [0.29, 0.717) is 5.75 Å². The van der Waals surface area contributed by atoms with Crippen molar-refractivity contribution in [3.8, 4) is 17.0 Å². The summed E-state index contributed by atoms with van der Waals surface area (Å²) in [4.78, 5) is 18.0. The highest BCUT2D eigenvalue weighted by atomic mass is 32.1. The molecule has 1 amide bonds. The number of nitrogens with one attached hydrogen (secondary N) is 1. The summed E-state index contributed by atoms with van der Waals surface area (Å²) in [7, 11) is 0. The average molecular weight is 391 g/mol. The van der Waals surface area contributed by atoms with Gasteiger partial charge in [0.2, 0.25) is 0 Å². The molecule has 6 heteroatoms. The van der Waals surface area contributed by atoms with Crippen LogP contribution in [-0.4, -0.2) is 21.4 Å². The molecule has 4 rings (SSSR count). The molecule has 142 valence electrons. The number of nitrogens with zero attached hydrogens (tertiary/aromatic N) is 2. The number of fused-ring (bicyclic) bond motifs is 1. The van der Waals surface area contributed by atoms with Crippen molar-refractivity contribution in [1.82, 2.24) is 9.38 Å². The third-order valence-electron chi connectivity index (χ3n) is 4.56. The van der Waals surface area contributed by atoms with Crippen molar-refractivity contribution in [2.45, 2.75) is 26.4 Å². The Hall–Kier alpha value is -3.12. The SMILES string of the molecule is CCc1ccc(OC(C)C(=O)Nc2ccc(-c3cn4ccsc4n3)cc2)cc1. The fourth-order valence-electron chi connectivity index (χ4n) is 2.90. The van der Waals surface area contributed by atoms with Gasteiger partial charge in [-0.2, -0.15) is 0 Å². The van der Waals surface area contributed by atoms with E-state index in [0.717, 1.165) is 28.3 Å². The van der Waals surface area contributed by atoms with Gasteiger partial charge >= 0.3 is 0 Å². The van der Waals surface area contributed by atoms with Gasteiger partial charge in [-0.3, -0.25) is 9.20 Å². The molecule has 2 aromatic heterocycles. The third-order valence-corrected chi connectivity index (χ3v) is 5.33. The number of amides is 1. The number of carbonyl (C=O) groups excluding carboxylic acids is 1. The highest BCUT2D eigenvalue weighted by Gasteiger charge is 2.15. The number of hydrogen-bond acceptors (Lipinski definition) is 4. The van der Waals surface area contributed by atoms with Crippen molar-refractivity contribution < 1.29 is 9.53 Å². The molecule has 1 unspecified atom stereocenters. The minimum Gasteiger partial charge on any atom is -0.481 e. The van der Waals surface area contributed by atoms with Gasteiger partial charge in [0.25, 0.3) is 5.91 Å². The summed E-state index contributed by atoms with van der Waals surface area (Å²) in [6.07, 6.45) is 4.37. The van der Waals surface area contributed by atoms with Gasteiger partial charge in [0.05, 0.1) is 5.69 Å². The van der Waals surface area contributed by atoms with E-state index in [1.807, 2.05) is 70.7 Å². The number of anilines is 1. The Balaban J connectivity index is 1.38. The number of rotatable bonds is 6. The molecule has 0 aliphatic rings. The van der Waals surface area contributed by atoms with E-state index in [1.54, 1.807) is 18.3 Å². The largest absolute Gasteiger partial charge is 0.481 e. The van der Waals surface area contributed by atoms with Crippen molar-refractivity contribution in [3.63, 3.8) is 0 Å². The second kappa shape index (κ2) is 7.86. The molecule has 0 bridgehead atoms. The normalized spacial score (nSPS) is 12.1. The zero-order valence-electron chi connectivity index (χ0n) is 15.8. The van der Waals surface area contributed by atoms with E-state index in [-0.39, 0.29) is 5.91 Å². The first-order valence-corrected chi connectivity index (χ1v) is 10.1. The second-order valence-corrected chi connectivity index (χ2v) is 7.42. The van der Waals surface area contributed by atoms with Crippen LogP contribution in [-0.2, 0) is 11.2 Å².